The SMILES string of the molecule is C.CC.CCCNCc1ccccc1. The fourth-order valence-corrected chi connectivity index (χ4v) is 1.01. The molecule has 1 aromatic rings. The zero-order valence-electron chi connectivity index (χ0n) is 9.01. The van der Waals surface area contributed by atoms with Crippen LogP contribution < -0.4 is 5.32 Å². The molecule has 0 spiro atoms. The van der Waals surface area contributed by atoms with Crippen molar-refractivity contribution in [2.45, 2.75) is 41.2 Å². The Morgan fingerprint density at radius 1 is 1.07 bits per heavy atom. The summed E-state index contributed by atoms with van der Waals surface area (Å²) in [7, 11) is 0. The second-order valence-electron chi connectivity index (χ2n) is 2.66. The number of hydrogen-bond acceptors (Lipinski definition) is 1. The minimum Gasteiger partial charge on any atom is -0.313 e. The summed E-state index contributed by atoms with van der Waals surface area (Å²) < 4.78 is 0. The molecule has 14 heavy (non-hydrogen) atoms. The first-order chi connectivity index (χ1) is 6.43. The van der Waals surface area contributed by atoms with Gasteiger partial charge in [-0.25, -0.2) is 0 Å². The van der Waals surface area contributed by atoms with Crippen LogP contribution in [0.5, 0.6) is 0 Å². The predicted molar refractivity (Wildman–Crippen MR) is 66.5 cm³/mol. The topological polar surface area (TPSA) is 12.0 Å². The van der Waals surface area contributed by atoms with Crippen molar-refractivity contribution < 1.29 is 0 Å². The number of nitrogens with one attached hydrogen (secondary N) is 1. The first-order valence-corrected chi connectivity index (χ1v) is 5.18. The van der Waals surface area contributed by atoms with Crippen LogP contribution in [0.3, 0.4) is 0 Å². The zero-order chi connectivity index (χ0) is 9.94. The molecule has 1 N–H and O–H groups in total. The molecule has 0 aliphatic carbocycles. The molecule has 0 aliphatic rings. The minimum atomic E-state index is 0. The van der Waals surface area contributed by atoms with E-state index in [0.717, 1.165) is 13.1 Å². The molecule has 0 saturated carbocycles. The van der Waals surface area contributed by atoms with Gasteiger partial charge in [0.15, 0.2) is 0 Å². The lowest BCUT2D eigenvalue weighted by Gasteiger charge is -2.01. The Bertz CT molecular complexity index is 182. The normalized spacial score (nSPS) is 8.21. The highest BCUT2D eigenvalue weighted by atomic mass is 14.8. The molecule has 1 rings (SSSR count). The third-order valence-corrected chi connectivity index (χ3v) is 1.60. The van der Waals surface area contributed by atoms with Crippen molar-refractivity contribution in [2.24, 2.45) is 0 Å². The maximum absolute atomic E-state index is 3.35. The first-order valence-electron chi connectivity index (χ1n) is 5.18. The summed E-state index contributed by atoms with van der Waals surface area (Å²) in [6, 6.07) is 10.5. The van der Waals surface area contributed by atoms with E-state index in [4.69, 9.17) is 0 Å². The van der Waals surface area contributed by atoms with Crippen molar-refractivity contribution in [1.29, 1.82) is 0 Å². The van der Waals surface area contributed by atoms with Crippen LogP contribution in [-0.2, 0) is 6.54 Å². The van der Waals surface area contributed by atoms with Crippen LogP contribution in [0.2, 0.25) is 0 Å². The van der Waals surface area contributed by atoms with Gasteiger partial charge in [-0.3, -0.25) is 0 Å². The summed E-state index contributed by atoms with van der Waals surface area (Å²) in [6.07, 6.45) is 1.20. The van der Waals surface area contributed by atoms with E-state index in [-0.39, 0.29) is 7.43 Å². The fraction of sp³-hybridized carbons (Fsp3) is 0.538. The summed E-state index contributed by atoms with van der Waals surface area (Å²) >= 11 is 0. The van der Waals surface area contributed by atoms with Crippen LogP contribution in [0.1, 0.15) is 40.2 Å². The maximum Gasteiger partial charge on any atom is 0.0205 e. The van der Waals surface area contributed by atoms with Gasteiger partial charge >= 0.3 is 0 Å². The van der Waals surface area contributed by atoms with Crippen molar-refractivity contribution in [2.75, 3.05) is 6.54 Å². The average molecular weight is 195 g/mol. The first kappa shape index (κ1) is 15.6. The van der Waals surface area contributed by atoms with Crippen LogP contribution in [0, 0.1) is 0 Å². The van der Waals surface area contributed by atoms with Crippen molar-refractivity contribution in [1.82, 2.24) is 5.32 Å². The Morgan fingerprint density at radius 2 is 1.64 bits per heavy atom. The molecule has 0 aromatic heterocycles. The highest BCUT2D eigenvalue weighted by Gasteiger charge is 1.87. The van der Waals surface area contributed by atoms with E-state index in [0.29, 0.717) is 0 Å². The molecule has 0 saturated heterocycles. The number of benzene rings is 1. The average Bonchev–Trinajstić information content (AvgIpc) is 2.23. The van der Waals surface area contributed by atoms with Gasteiger partial charge in [0.1, 0.15) is 0 Å². The van der Waals surface area contributed by atoms with Gasteiger partial charge in [0.25, 0.3) is 0 Å². The Morgan fingerprint density at radius 3 is 2.14 bits per heavy atom. The molecule has 0 aliphatic heterocycles. The quantitative estimate of drug-likeness (QED) is 0.720. The highest BCUT2D eigenvalue weighted by Crippen LogP contribution is 1.96. The monoisotopic (exact) mass is 195 g/mol. The highest BCUT2D eigenvalue weighted by molar-refractivity contribution is 5.14. The minimum absolute atomic E-state index is 0. The van der Waals surface area contributed by atoms with Gasteiger partial charge in [-0.2, -0.15) is 0 Å². The van der Waals surface area contributed by atoms with Gasteiger partial charge in [-0.05, 0) is 18.5 Å². The molecule has 1 heteroatoms. The number of hydrogen-bond donors (Lipinski definition) is 1. The number of rotatable bonds is 4. The van der Waals surface area contributed by atoms with Crippen LogP contribution in [-0.4, -0.2) is 6.54 Å². The molecule has 0 amide bonds. The van der Waals surface area contributed by atoms with Crippen LogP contribution in [0.15, 0.2) is 30.3 Å². The Balaban J connectivity index is 0. The molecule has 0 radical (unpaired) electrons. The van der Waals surface area contributed by atoms with E-state index >= 15 is 0 Å². The molecular weight excluding hydrogens is 170 g/mol. The maximum atomic E-state index is 3.35. The van der Waals surface area contributed by atoms with Crippen molar-refractivity contribution in [3.05, 3.63) is 35.9 Å². The fourth-order valence-electron chi connectivity index (χ4n) is 1.01. The predicted octanol–water partition coefficient (Wildman–Crippen LogP) is 3.85. The molecular formula is C13H25N. The molecule has 0 fully saturated rings. The molecule has 0 heterocycles. The third kappa shape index (κ3) is 7.81. The molecule has 0 unspecified atom stereocenters. The summed E-state index contributed by atoms with van der Waals surface area (Å²) in [6.45, 7) is 8.28. The molecule has 1 nitrogen and oxygen atoms in total. The summed E-state index contributed by atoms with van der Waals surface area (Å²) in [4.78, 5) is 0. The van der Waals surface area contributed by atoms with Gasteiger partial charge in [0.2, 0.25) is 0 Å². The van der Waals surface area contributed by atoms with Crippen molar-refractivity contribution in [3.8, 4) is 0 Å². The smallest absolute Gasteiger partial charge is 0.0205 e. The van der Waals surface area contributed by atoms with Gasteiger partial charge in [0, 0.05) is 6.54 Å². The van der Waals surface area contributed by atoms with Crippen molar-refractivity contribution in [3.63, 3.8) is 0 Å². The van der Waals surface area contributed by atoms with Gasteiger partial charge in [-0.15, -0.1) is 0 Å². The Kier molecular flexibility index (Phi) is 13.6. The van der Waals surface area contributed by atoms with Crippen LogP contribution in [0.25, 0.3) is 0 Å². The van der Waals surface area contributed by atoms with E-state index in [9.17, 15) is 0 Å². The lowest BCUT2D eigenvalue weighted by Crippen LogP contribution is -2.13. The van der Waals surface area contributed by atoms with Gasteiger partial charge in [0.05, 0.1) is 0 Å². The van der Waals surface area contributed by atoms with E-state index in [1.807, 2.05) is 19.9 Å². The Labute approximate surface area is 89.5 Å². The second-order valence-corrected chi connectivity index (χ2v) is 2.66. The van der Waals surface area contributed by atoms with E-state index in [2.05, 4.69) is 36.5 Å². The molecule has 1 aromatic carbocycles. The van der Waals surface area contributed by atoms with Gasteiger partial charge < -0.3 is 5.32 Å². The standard InChI is InChI=1S/C10H15N.C2H6.CH4/c1-2-8-11-9-10-6-4-3-5-7-10;1-2;/h3-7,11H,2,8-9H2,1H3;1-2H3;1H4. The zero-order valence-corrected chi connectivity index (χ0v) is 9.01. The summed E-state index contributed by atoms with van der Waals surface area (Å²) in [5.74, 6) is 0. The second kappa shape index (κ2) is 12.2. The molecule has 0 bridgehead atoms. The largest absolute Gasteiger partial charge is 0.313 e. The van der Waals surface area contributed by atoms with Crippen LogP contribution >= 0.6 is 0 Å². The lowest BCUT2D eigenvalue weighted by atomic mass is 10.2. The van der Waals surface area contributed by atoms with Gasteiger partial charge in [-0.1, -0.05) is 58.5 Å². The lowest BCUT2D eigenvalue weighted by molar-refractivity contribution is 0.675. The van der Waals surface area contributed by atoms with Crippen LogP contribution in [0.4, 0.5) is 0 Å². The summed E-state index contributed by atoms with van der Waals surface area (Å²) in [5.41, 5.74) is 1.36. The Hall–Kier alpha value is -0.820. The molecule has 0 atom stereocenters. The molecule has 82 valence electrons. The van der Waals surface area contributed by atoms with E-state index < -0.39 is 0 Å². The van der Waals surface area contributed by atoms with E-state index in [1.165, 1.54) is 12.0 Å². The summed E-state index contributed by atoms with van der Waals surface area (Å²) in [5, 5.41) is 3.35. The van der Waals surface area contributed by atoms with Crippen molar-refractivity contribution >= 4 is 0 Å². The van der Waals surface area contributed by atoms with E-state index in [1.54, 1.807) is 0 Å². The third-order valence-electron chi connectivity index (χ3n) is 1.60.